The molecule has 1 aliphatic carbocycles. The van der Waals surface area contributed by atoms with E-state index < -0.39 is 0 Å². The number of piperidine rings is 1. The molecule has 1 aromatic rings. The molecule has 116 valence electrons. The number of carbonyl (C=O) groups excluding carboxylic acids is 1. The Morgan fingerprint density at radius 2 is 2.10 bits per heavy atom. The standard InChI is InChI=1S/C16H25N3O2/c1-12-11-13(2)19(17-12)8-4-15(21)18-9-6-16(7-10-18)5-3-14(16)20/h11,14,20H,3-10H2,1-2H3. The first-order chi connectivity index (χ1) is 10.00. The predicted molar refractivity (Wildman–Crippen MR) is 79.8 cm³/mol. The maximum Gasteiger partial charge on any atom is 0.224 e. The van der Waals surface area contributed by atoms with E-state index in [9.17, 15) is 9.90 Å². The van der Waals surface area contributed by atoms with Crippen molar-refractivity contribution < 1.29 is 9.90 Å². The van der Waals surface area contributed by atoms with Gasteiger partial charge in [0, 0.05) is 31.7 Å². The largest absolute Gasteiger partial charge is 0.393 e. The minimum atomic E-state index is -0.135. The van der Waals surface area contributed by atoms with E-state index in [4.69, 9.17) is 0 Å². The molecule has 21 heavy (non-hydrogen) atoms. The van der Waals surface area contributed by atoms with Gasteiger partial charge in [0.05, 0.1) is 11.8 Å². The second kappa shape index (κ2) is 5.44. The monoisotopic (exact) mass is 291 g/mol. The smallest absolute Gasteiger partial charge is 0.224 e. The number of likely N-dealkylation sites (tertiary alicyclic amines) is 1. The first-order valence-electron chi connectivity index (χ1n) is 7.97. The van der Waals surface area contributed by atoms with Crippen LogP contribution >= 0.6 is 0 Å². The van der Waals surface area contributed by atoms with Gasteiger partial charge in [-0.1, -0.05) is 0 Å². The summed E-state index contributed by atoms with van der Waals surface area (Å²) in [6.45, 7) is 6.25. The van der Waals surface area contributed by atoms with Crippen molar-refractivity contribution in [2.24, 2.45) is 5.41 Å². The summed E-state index contributed by atoms with van der Waals surface area (Å²) in [6, 6.07) is 2.03. The van der Waals surface area contributed by atoms with Crippen LogP contribution in [0.5, 0.6) is 0 Å². The van der Waals surface area contributed by atoms with Crippen molar-refractivity contribution in [2.45, 2.75) is 58.6 Å². The lowest BCUT2D eigenvalue weighted by molar-refractivity contribution is -0.141. The van der Waals surface area contributed by atoms with E-state index in [1.165, 1.54) is 0 Å². The van der Waals surface area contributed by atoms with Crippen LogP contribution in [0.4, 0.5) is 0 Å². The first-order valence-corrected chi connectivity index (χ1v) is 7.97. The van der Waals surface area contributed by atoms with Crippen molar-refractivity contribution in [3.63, 3.8) is 0 Å². The molecule has 1 aromatic heterocycles. The highest BCUT2D eigenvalue weighted by molar-refractivity contribution is 5.76. The number of nitrogens with zero attached hydrogens (tertiary/aromatic N) is 3. The third kappa shape index (κ3) is 2.71. The number of aromatic nitrogens is 2. The maximum absolute atomic E-state index is 12.3. The molecule has 1 unspecified atom stereocenters. The summed E-state index contributed by atoms with van der Waals surface area (Å²) >= 11 is 0. The number of amides is 1. The zero-order valence-corrected chi connectivity index (χ0v) is 13.0. The van der Waals surface area contributed by atoms with Crippen LogP contribution in [0.15, 0.2) is 6.07 Å². The topological polar surface area (TPSA) is 58.4 Å². The van der Waals surface area contributed by atoms with E-state index >= 15 is 0 Å². The van der Waals surface area contributed by atoms with Crippen molar-refractivity contribution in [3.8, 4) is 0 Å². The first kappa shape index (κ1) is 14.6. The van der Waals surface area contributed by atoms with Gasteiger partial charge in [-0.05, 0) is 51.0 Å². The van der Waals surface area contributed by atoms with Gasteiger partial charge in [0.1, 0.15) is 0 Å². The van der Waals surface area contributed by atoms with E-state index in [0.717, 1.165) is 50.2 Å². The molecule has 0 bridgehead atoms. The summed E-state index contributed by atoms with van der Waals surface area (Å²) in [5.74, 6) is 0.214. The van der Waals surface area contributed by atoms with E-state index in [0.29, 0.717) is 13.0 Å². The quantitative estimate of drug-likeness (QED) is 0.921. The third-order valence-electron chi connectivity index (χ3n) is 5.38. The lowest BCUT2D eigenvalue weighted by Gasteiger charge is -2.51. The van der Waals surface area contributed by atoms with Crippen molar-refractivity contribution in [1.82, 2.24) is 14.7 Å². The molecule has 5 nitrogen and oxygen atoms in total. The molecule has 2 fully saturated rings. The second-order valence-electron chi connectivity index (χ2n) is 6.70. The Morgan fingerprint density at radius 1 is 1.38 bits per heavy atom. The Morgan fingerprint density at radius 3 is 2.57 bits per heavy atom. The summed E-state index contributed by atoms with van der Waals surface area (Å²) in [5.41, 5.74) is 2.24. The summed E-state index contributed by atoms with van der Waals surface area (Å²) < 4.78 is 1.91. The molecule has 1 N–H and O–H groups in total. The highest BCUT2D eigenvalue weighted by Crippen LogP contribution is 2.49. The lowest BCUT2D eigenvalue weighted by atomic mass is 9.61. The number of aliphatic hydroxyl groups is 1. The van der Waals surface area contributed by atoms with Crippen LogP contribution in [-0.2, 0) is 11.3 Å². The molecule has 1 saturated heterocycles. The number of rotatable bonds is 3. The van der Waals surface area contributed by atoms with Crippen LogP contribution in [0, 0.1) is 19.3 Å². The summed E-state index contributed by atoms with van der Waals surface area (Å²) in [4.78, 5) is 14.3. The second-order valence-corrected chi connectivity index (χ2v) is 6.70. The van der Waals surface area contributed by atoms with Gasteiger partial charge >= 0.3 is 0 Å². The van der Waals surface area contributed by atoms with E-state index in [-0.39, 0.29) is 17.4 Å². The molecule has 1 saturated carbocycles. The van der Waals surface area contributed by atoms with Crippen LogP contribution in [0.25, 0.3) is 0 Å². The molecule has 1 aliphatic heterocycles. The third-order valence-corrected chi connectivity index (χ3v) is 5.38. The molecule has 0 aromatic carbocycles. The van der Waals surface area contributed by atoms with Crippen LogP contribution in [0.1, 0.15) is 43.5 Å². The van der Waals surface area contributed by atoms with E-state index in [1.54, 1.807) is 0 Å². The van der Waals surface area contributed by atoms with Crippen molar-refractivity contribution in [1.29, 1.82) is 0 Å². The molecule has 1 spiro atoms. The number of hydrogen-bond acceptors (Lipinski definition) is 3. The predicted octanol–water partition coefficient (Wildman–Crippen LogP) is 1.65. The van der Waals surface area contributed by atoms with Crippen LogP contribution in [0.3, 0.4) is 0 Å². The number of hydrogen-bond donors (Lipinski definition) is 1. The van der Waals surface area contributed by atoms with Gasteiger partial charge in [0.25, 0.3) is 0 Å². The SMILES string of the molecule is Cc1cc(C)n(CCC(=O)N2CCC3(CCC3O)CC2)n1. The fraction of sp³-hybridized carbons (Fsp3) is 0.750. The molecule has 1 amide bonds. The normalized spacial score (nSPS) is 24.1. The molecule has 3 rings (SSSR count). The molecule has 0 radical (unpaired) electrons. The average Bonchev–Trinajstić information content (AvgIpc) is 2.81. The van der Waals surface area contributed by atoms with Gasteiger partial charge in [0.15, 0.2) is 0 Å². The molecule has 5 heteroatoms. The van der Waals surface area contributed by atoms with Crippen LogP contribution in [0.2, 0.25) is 0 Å². The number of aryl methyl sites for hydroxylation is 3. The molecule has 2 heterocycles. The summed E-state index contributed by atoms with van der Waals surface area (Å²) in [6.07, 6.45) is 4.36. The Kier molecular flexibility index (Phi) is 3.78. The van der Waals surface area contributed by atoms with Gasteiger partial charge in [-0.3, -0.25) is 9.48 Å². The Hall–Kier alpha value is -1.36. The number of aliphatic hydroxyl groups excluding tert-OH is 1. The van der Waals surface area contributed by atoms with Gasteiger partial charge in [-0.2, -0.15) is 5.10 Å². The Labute approximate surface area is 125 Å². The zero-order valence-electron chi connectivity index (χ0n) is 13.0. The molecule has 1 atom stereocenters. The fourth-order valence-corrected chi connectivity index (χ4v) is 3.73. The van der Waals surface area contributed by atoms with Crippen LogP contribution in [-0.4, -0.2) is 44.9 Å². The van der Waals surface area contributed by atoms with Gasteiger partial charge in [0.2, 0.25) is 5.91 Å². The zero-order chi connectivity index (χ0) is 15.0. The average molecular weight is 291 g/mol. The van der Waals surface area contributed by atoms with Gasteiger partial charge in [-0.25, -0.2) is 0 Å². The Bertz CT molecular complexity index is 530. The summed E-state index contributed by atoms with van der Waals surface area (Å²) in [5, 5.41) is 14.3. The van der Waals surface area contributed by atoms with Crippen molar-refractivity contribution in [2.75, 3.05) is 13.1 Å². The fourth-order valence-electron chi connectivity index (χ4n) is 3.73. The van der Waals surface area contributed by atoms with Crippen molar-refractivity contribution >= 4 is 5.91 Å². The lowest BCUT2D eigenvalue weighted by Crippen LogP contribution is -2.53. The molecular formula is C16H25N3O2. The molecular weight excluding hydrogens is 266 g/mol. The van der Waals surface area contributed by atoms with Crippen molar-refractivity contribution in [3.05, 3.63) is 17.5 Å². The van der Waals surface area contributed by atoms with Gasteiger partial charge in [-0.15, -0.1) is 0 Å². The number of carbonyl (C=O) groups is 1. The van der Waals surface area contributed by atoms with Gasteiger partial charge < -0.3 is 10.0 Å². The highest BCUT2D eigenvalue weighted by atomic mass is 16.3. The maximum atomic E-state index is 12.3. The Balaban J connectivity index is 1.49. The minimum Gasteiger partial charge on any atom is -0.393 e. The minimum absolute atomic E-state index is 0.131. The van der Waals surface area contributed by atoms with Crippen LogP contribution < -0.4 is 0 Å². The van der Waals surface area contributed by atoms with E-state index in [1.807, 2.05) is 29.5 Å². The summed E-state index contributed by atoms with van der Waals surface area (Å²) in [7, 11) is 0. The van der Waals surface area contributed by atoms with E-state index in [2.05, 4.69) is 5.10 Å². The highest BCUT2D eigenvalue weighted by Gasteiger charge is 2.47. The molecule has 2 aliphatic rings.